The highest BCUT2D eigenvalue weighted by atomic mass is 16.6. The fourth-order valence-electron chi connectivity index (χ4n) is 3.12. The van der Waals surface area contributed by atoms with Crippen molar-refractivity contribution in [1.82, 2.24) is 0 Å². The summed E-state index contributed by atoms with van der Waals surface area (Å²) in [5, 5.41) is 13.4. The monoisotopic (exact) mass is 427 g/mol. The number of hydrogen-bond acceptors (Lipinski definition) is 7. The first-order valence-electron chi connectivity index (χ1n) is 9.61. The average molecular weight is 427 g/mol. The van der Waals surface area contributed by atoms with Gasteiger partial charge in [0.05, 0.1) is 17.4 Å². The van der Waals surface area contributed by atoms with Gasteiger partial charge < -0.3 is 19.7 Å². The Hall–Kier alpha value is -3.95. The Kier molecular flexibility index (Phi) is 6.81. The number of benzene rings is 2. The lowest BCUT2D eigenvalue weighted by Gasteiger charge is -2.16. The van der Waals surface area contributed by atoms with Gasteiger partial charge in [0.15, 0.2) is 6.61 Å². The number of rotatable bonds is 8. The van der Waals surface area contributed by atoms with Crippen molar-refractivity contribution in [3.8, 4) is 5.75 Å². The van der Waals surface area contributed by atoms with E-state index in [2.05, 4.69) is 5.32 Å². The number of esters is 1. The van der Waals surface area contributed by atoms with Crippen LogP contribution in [0.4, 0.5) is 17.1 Å². The van der Waals surface area contributed by atoms with Gasteiger partial charge in [-0.05, 0) is 43.3 Å². The van der Waals surface area contributed by atoms with Crippen molar-refractivity contribution in [1.29, 1.82) is 0 Å². The van der Waals surface area contributed by atoms with Gasteiger partial charge in [0.25, 0.3) is 11.6 Å². The van der Waals surface area contributed by atoms with E-state index in [9.17, 15) is 24.5 Å². The highest BCUT2D eigenvalue weighted by Gasteiger charge is 2.36. The topological polar surface area (TPSA) is 128 Å². The van der Waals surface area contributed by atoms with Crippen molar-refractivity contribution >= 4 is 34.8 Å². The molecular formula is C21H21N3O7. The molecular weight excluding hydrogens is 406 g/mol. The molecule has 2 aromatic rings. The predicted octanol–water partition coefficient (Wildman–Crippen LogP) is 2.53. The van der Waals surface area contributed by atoms with Gasteiger partial charge in [-0.2, -0.15) is 0 Å². The van der Waals surface area contributed by atoms with Crippen LogP contribution in [0, 0.1) is 16.0 Å². The molecule has 2 amide bonds. The number of ether oxygens (including phenoxy) is 2. The van der Waals surface area contributed by atoms with Crippen LogP contribution in [-0.2, 0) is 19.1 Å². The Morgan fingerprint density at radius 3 is 2.45 bits per heavy atom. The summed E-state index contributed by atoms with van der Waals surface area (Å²) in [5.41, 5.74) is 0.897. The first-order chi connectivity index (χ1) is 14.9. The molecule has 162 valence electrons. The number of nitrogens with one attached hydrogen (secondary N) is 1. The van der Waals surface area contributed by atoms with E-state index in [0.29, 0.717) is 23.7 Å². The maximum Gasteiger partial charge on any atom is 0.311 e. The summed E-state index contributed by atoms with van der Waals surface area (Å²) in [5.74, 6) is -1.50. The molecule has 1 aliphatic rings. The molecule has 1 saturated heterocycles. The Balaban J connectivity index is 1.49. The van der Waals surface area contributed by atoms with E-state index in [1.165, 1.54) is 29.2 Å². The van der Waals surface area contributed by atoms with Gasteiger partial charge >= 0.3 is 5.97 Å². The second-order valence-corrected chi connectivity index (χ2v) is 6.79. The molecule has 1 fully saturated rings. The molecule has 0 aliphatic carbocycles. The number of carbonyl (C=O) groups is 3. The minimum atomic E-state index is -0.721. The van der Waals surface area contributed by atoms with Crippen molar-refractivity contribution < 1.29 is 28.8 Å². The van der Waals surface area contributed by atoms with Crippen LogP contribution < -0.4 is 15.0 Å². The number of amides is 2. The molecule has 0 unspecified atom stereocenters. The molecule has 10 nitrogen and oxygen atoms in total. The minimum Gasteiger partial charge on any atom is -0.494 e. The van der Waals surface area contributed by atoms with Gasteiger partial charge in [-0.3, -0.25) is 24.5 Å². The van der Waals surface area contributed by atoms with Crippen LogP contribution in [0.1, 0.15) is 13.3 Å². The Bertz CT molecular complexity index is 973. The highest BCUT2D eigenvalue weighted by Crippen LogP contribution is 2.27. The summed E-state index contributed by atoms with van der Waals surface area (Å²) in [4.78, 5) is 48.2. The number of anilines is 2. The van der Waals surface area contributed by atoms with Crippen LogP contribution in [0.15, 0.2) is 48.5 Å². The van der Waals surface area contributed by atoms with E-state index in [4.69, 9.17) is 9.47 Å². The SMILES string of the molecule is CCOc1ccc(NC(=O)COC(=O)[C@H]2CC(=O)N(c3ccc([N+](=O)[O-])cc3)C2)cc1. The number of hydrogen-bond donors (Lipinski definition) is 1. The molecule has 1 N–H and O–H groups in total. The van der Waals surface area contributed by atoms with Gasteiger partial charge in [-0.15, -0.1) is 0 Å². The van der Waals surface area contributed by atoms with E-state index in [-0.39, 0.29) is 24.6 Å². The molecule has 10 heteroatoms. The molecule has 1 atom stereocenters. The third-order valence-electron chi connectivity index (χ3n) is 4.63. The minimum absolute atomic E-state index is 0.0592. The summed E-state index contributed by atoms with van der Waals surface area (Å²) >= 11 is 0. The van der Waals surface area contributed by atoms with Crippen LogP contribution in [0.3, 0.4) is 0 Å². The van der Waals surface area contributed by atoms with Crippen LogP contribution in [0.25, 0.3) is 0 Å². The fourth-order valence-corrected chi connectivity index (χ4v) is 3.12. The van der Waals surface area contributed by atoms with Gasteiger partial charge in [-0.25, -0.2) is 0 Å². The van der Waals surface area contributed by atoms with E-state index >= 15 is 0 Å². The molecule has 31 heavy (non-hydrogen) atoms. The molecule has 0 radical (unpaired) electrons. The van der Waals surface area contributed by atoms with Gasteiger partial charge in [0.2, 0.25) is 5.91 Å². The maximum absolute atomic E-state index is 12.3. The second-order valence-electron chi connectivity index (χ2n) is 6.79. The summed E-state index contributed by atoms with van der Waals surface area (Å²) < 4.78 is 10.4. The van der Waals surface area contributed by atoms with Gasteiger partial charge in [0, 0.05) is 36.5 Å². The molecule has 0 spiro atoms. The number of nitro groups is 1. The molecule has 3 rings (SSSR count). The molecule has 1 heterocycles. The largest absolute Gasteiger partial charge is 0.494 e. The summed E-state index contributed by atoms with van der Waals surface area (Å²) in [7, 11) is 0. The number of nitro benzene ring substituents is 1. The fraction of sp³-hybridized carbons (Fsp3) is 0.286. The van der Waals surface area contributed by atoms with Gasteiger partial charge in [0.1, 0.15) is 5.75 Å². The molecule has 0 aromatic heterocycles. The first-order valence-corrected chi connectivity index (χ1v) is 9.61. The molecule has 1 aliphatic heterocycles. The lowest BCUT2D eigenvalue weighted by Crippen LogP contribution is -2.28. The molecule has 0 saturated carbocycles. The lowest BCUT2D eigenvalue weighted by atomic mass is 10.1. The zero-order valence-electron chi connectivity index (χ0n) is 16.8. The average Bonchev–Trinajstić information content (AvgIpc) is 3.15. The van der Waals surface area contributed by atoms with E-state index in [0.717, 1.165) is 0 Å². The van der Waals surface area contributed by atoms with Crippen LogP contribution >= 0.6 is 0 Å². The quantitative estimate of drug-likeness (QED) is 0.389. The van der Waals surface area contributed by atoms with Crippen molar-refractivity contribution in [3.63, 3.8) is 0 Å². The van der Waals surface area contributed by atoms with Crippen molar-refractivity contribution in [3.05, 3.63) is 58.6 Å². The predicted molar refractivity (Wildman–Crippen MR) is 111 cm³/mol. The maximum atomic E-state index is 12.3. The highest BCUT2D eigenvalue weighted by molar-refractivity contribution is 6.00. The third-order valence-corrected chi connectivity index (χ3v) is 4.63. The van der Waals surface area contributed by atoms with Crippen LogP contribution in [0.5, 0.6) is 5.75 Å². The summed E-state index contributed by atoms with van der Waals surface area (Å²) in [6.07, 6.45) is -0.0592. The van der Waals surface area contributed by atoms with Crippen molar-refractivity contribution in [2.75, 3.05) is 30.0 Å². The molecule has 0 bridgehead atoms. The first kappa shape index (κ1) is 21.8. The van der Waals surface area contributed by atoms with Gasteiger partial charge in [-0.1, -0.05) is 0 Å². The van der Waals surface area contributed by atoms with Crippen molar-refractivity contribution in [2.45, 2.75) is 13.3 Å². The third kappa shape index (κ3) is 5.56. The Morgan fingerprint density at radius 1 is 1.16 bits per heavy atom. The van der Waals surface area contributed by atoms with Crippen LogP contribution in [0.2, 0.25) is 0 Å². The van der Waals surface area contributed by atoms with E-state index in [1.807, 2.05) is 6.92 Å². The van der Waals surface area contributed by atoms with E-state index in [1.54, 1.807) is 24.3 Å². The Labute approximate surface area is 177 Å². The normalized spacial score (nSPS) is 15.5. The number of non-ortho nitro benzene ring substituents is 1. The second kappa shape index (κ2) is 9.70. The van der Waals surface area contributed by atoms with Crippen LogP contribution in [-0.4, -0.2) is 42.5 Å². The van der Waals surface area contributed by atoms with Crippen molar-refractivity contribution in [2.24, 2.45) is 5.92 Å². The smallest absolute Gasteiger partial charge is 0.311 e. The van der Waals surface area contributed by atoms with E-state index < -0.39 is 29.3 Å². The standard InChI is InChI=1S/C21H21N3O7/c1-2-30-18-9-3-15(4-10-18)22-19(25)13-31-21(27)14-11-20(26)23(12-14)16-5-7-17(8-6-16)24(28)29/h3-10,14H,2,11-13H2,1H3,(H,22,25)/t14-/m0/s1. The zero-order valence-corrected chi connectivity index (χ0v) is 16.8. The Morgan fingerprint density at radius 2 is 1.84 bits per heavy atom. The summed E-state index contributed by atoms with van der Waals surface area (Å²) in [6, 6.07) is 12.2. The zero-order chi connectivity index (χ0) is 22.4. The lowest BCUT2D eigenvalue weighted by molar-refractivity contribution is -0.384. The number of carbonyl (C=O) groups excluding carboxylic acids is 3. The number of nitrogens with zero attached hydrogens (tertiary/aromatic N) is 2. The molecule has 2 aromatic carbocycles. The summed E-state index contributed by atoms with van der Waals surface area (Å²) in [6.45, 7) is 2.00.